The number of nitrogens with one attached hydrogen (secondary N) is 1. The summed E-state index contributed by atoms with van der Waals surface area (Å²) in [7, 11) is 1.66. The van der Waals surface area contributed by atoms with Crippen LogP contribution in [0.1, 0.15) is 29.0 Å². The zero-order chi connectivity index (χ0) is 16.2. The average Bonchev–Trinajstić information content (AvgIpc) is 3.35. The largest absolute Gasteiger partial charge is 0.380 e. The summed E-state index contributed by atoms with van der Waals surface area (Å²) in [5, 5.41) is 3.00. The van der Waals surface area contributed by atoms with E-state index < -0.39 is 0 Å². The third-order valence-corrected chi connectivity index (χ3v) is 4.30. The molecular formula is C19H20FNO2. The van der Waals surface area contributed by atoms with Crippen LogP contribution in [0.5, 0.6) is 0 Å². The average molecular weight is 313 g/mol. The maximum atomic E-state index is 12.9. The summed E-state index contributed by atoms with van der Waals surface area (Å²) in [6, 6.07) is 14.3. The monoisotopic (exact) mass is 313 g/mol. The van der Waals surface area contributed by atoms with E-state index in [9.17, 15) is 9.18 Å². The zero-order valence-corrected chi connectivity index (χ0v) is 13.1. The SMILES string of the molecule is COCc1ccccc1CNC(=O)[C@@H]1C[C@@H]1c1ccc(F)cc1. The Kier molecular flexibility index (Phi) is 4.72. The topological polar surface area (TPSA) is 38.3 Å². The lowest BCUT2D eigenvalue weighted by Crippen LogP contribution is -2.25. The molecule has 0 radical (unpaired) electrons. The van der Waals surface area contributed by atoms with Gasteiger partial charge in [0.2, 0.25) is 5.91 Å². The van der Waals surface area contributed by atoms with Gasteiger partial charge < -0.3 is 10.1 Å². The van der Waals surface area contributed by atoms with Gasteiger partial charge >= 0.3 is 0 Å². The van der Waals surface area contributed by atoms with Crippen molar-refractivity contribution in [3.05, 3.63) is 71.0 Å². The molecule has 23 heavy (non-hydrogen) atoms. The number of rotatable bonds is 6. The number of hydrogen-bond acceptors (Lipinski definition) is 2. The van der Waals surface area contributed by atoms with E-state index in [0.717, 1.165) is 23.1 Å². The van der Waals surface area contributed by atoms with Crippen molar-refractivity contribution in [2.24, 2.45) is 5.92 Å². The van der Waals surface area contributed by atoms with Crippen molar-refractivity contribution in [1.29, 1.82) is 0 Å². The van der Waals surface area contributed by atoms with Gasteiger partial charge in [-0.15, -0.1) is 0 Å². The number of methoxy groups -OCH3 is 1. The van der Waals surface area contributed by atoms with Gasteiger partial charge in [0, 0.05) is 19.6 Å². The molecule has 3 rings (SSSR count). The number of carbonyl (C=O) groups is 1. The summed E-state index contributed by atoms with van der Waals surface area (Å²) in [4.78, 5) is 12.3. The highest BCUT2D eigenvalue weighted by Crippen LogP contribution is 2.47. The second-order valence-electron chi connectivity index (χ2n) is 5.92. The van der Waals surface area contributed by atoms with E-state index >= 15 is 0 Å². The van der Waals surface area contributed by atoms with E-state index in [2.05, 4.69) is 5.32 Å². The summed E-state index contributed by atoms with van der Waals surface area (Å²) in [5.74, 6) is 0.0246. The third kappa shape index (κ3) is 3.77. The Morgan fingerprint density at radius 1 is 1.17 bits per heavy atom. The number of hydrogen-bond donors (Lipinski definition) is 1. The Balaban J connectivity index is 1.56. The molecule has 4 heteroatoms. The highest BCUT2D eigenvalue weighted by Gasteiger charge is 2.43. The first-order chi connectivity index (χ1) is 11.2. The molecule has 1 aliphatic carbocycles. The predicted molar refractivity (Wildman–Crippen MR) is 86.2 cm³/mol. The van der Waals surface area contributed by atoms with Crippen molar-refractivity contribution in [3.8, 4) is 0 Å². The summed E-state index contributed by atoms with van der Waals surface area (Å²) < 4.78 is 18.1. The van der Waals surface area contributed by atoms with E-state index in [1.165, 1.54) is 12.1 Å². The Bertz CT molecular complexity index is 684. The molecule has 3 nitrogen and oxygen atoms in total. The van der Waals surface area contributed by atoms with Gasteiger partial charge in [-0.1, -0.05) is 36.4 Å². The fourth-order valence-corrected chi connectivity index (χ4v) is 2.90. The maximum Gasteiger partial charge on any atom is 0.224 e. The van der Waals surface area contributed by atoms with Gasteiger partial charge in [0.15, 0.2) is 0 Å². The van der Waals surface area contributed by atoms with Crippen LogP contribution < -0.4 is 5.32 Å². The Morgan fingerprint density at radius 3 is 2.57 bits per heavy atom. The molecule has 120 valence electrons. The van der Waals surface area contributed by atoms with Gasteiger partial charge in [0.1, 0.15) is 5.82 Å². The molecule has 1 saturated carbocycles. The first-order valence-corrected chi connectivity index (χ1v) is 7.78. The van der Waals surface area contributed by atoms with Crippen LogP contribution in [0.15, 0.2) is 48.5 Å². The smallest absolute Gasteiger partial charge is 0.224 e. The molecule has 0 heterocycles. The van der Waals surface area contributed by atoms with Crippen LogP contribution in [0.25, 0.3) is 0 Å². The van der Waals surface area contributed by atoms with Crippen molar-refractivity contribution in [2.45, 2.75) is 25.5 Å². The third-order valence-electron chi connectivity index (χ3n) is 4.30. The molecule has 0 aromatic heterocycles. The number of amides is 1. The van der Waals surface area contributed by atoms with Crippen LogP contribution in [0.3, 0.4) is 0 Å². The minimum atomic E-state index is -0.245. The number of benzene rings is 2. The molecule has 1 fully saturated rings. The van der Waals surface area contributed by atoms with Gasteiger partial charge in [0.05, 0.1) is 6.61 Å². The van der Waals surface area contributed by atoms with Crippen LogP contribution in [0, 0.1) is 11.7 Å². The molecule has 0 saturated heterocycles. The lowest BCUT2D eigenvalue weighted by atomic mass is 10.1. The second-order valence-corrected chi connectivity index (χ2v) is 5.92. The second kappa shape index (κ2) is 6.92. The van der Waals surface area contributed by atoms with Gasteiger partial charge in [-0.2, -0.15) is 0 Å². The highest BCUT2D eigenvalue weighted by atomic mass is 19.1. The van der Waals surface area contributed by atoms with Crippen LogP contribution in [-0.4, -0.2) is 13.0 Å². The lowest BCUT2D eigenvalue weighted by molar-refractivity contribution is -0.122. The van der Waals surface area contributed by atoms with Crippen molar-refractivity contribution in [3.63, 3.8) is 0 Å². The molecule has 1 N–H and O–H groups in total. The molecule has 2 atom stereocenters. The zero-order valence-electron chi connectivity index (χ0n) is 13.1. The molecule has 0 aliphatic heterocycles. The van der Waals surface area contributed by atoms with E-state index in [4.69, 9.17) is 4.74 Å². The summed E-state index contributed by atoms with van der Waals surface area (Å²) >= 11 is 0. The van der Waals surface area contributed by atoms with Crippen LogP contribution >= 0.6 is 0 Å². The standard InChI is InChI=1S/C19H20FNO2/c1-23-12-15-5-3-2-4-14(15)11-21-19(22)18-10-17(18)13-6-8-16(20)9-7-13/h2-9,17-18H,10-12H2,1H3,(H,21,22)/t17-,18-/m1/s1. The fourth-order valence-electron chi connectivity index (χ4n) is 2.90. The summed E-state index contributed by atoms with van der Waals surface area (Å²) in [5.41, 5.74) is 3.19. The number of ether oxygens (including phenoxy) is 1. The summed E-state index contributed by atoms with van der Waals surface area (Å²) in [6.45, 7) is 1.04. The first kappa shape index (κ1) is 15.7. The maximum absolute atomic E-state index is 12.9. The Morgan fingerprint density at radius 2 is 1.87 bits per heavy atom. The van der Waals surface area contributed by atoms with Gasteiger partial charge in [0.25, 0.3) is 0 Å². The Labute approximate surface area is 135 Å². The predicted octanol–water partition coefficient (Wildman–Crippen LogP) is 3.39. The normalized spacial score (nSPS) is 19.4. The van der Waals surface area contributed by atoms with Gasteiger partial charge in [-0.3, -0.25) is 4.79 Å². The number of halogens is 1. The highest BCUT2D eigenvalue weighted by molar-refractivity contribution is 5.82. The Hall–Kier alpha value is -2.20. The van der Waals surface area contributed by atoms with Crippen LogP contribution in [0.4, 0.5) is 4.39 Å². The van der Waals surface area contributed by atoms with Gasteiger partial charge in [-0.25, -0.2) is 4.39 Å². The van der Waals surface area contributed by atoms with Crippen LogP contribution in [0.2, 0.25) is 0 Å². The van der Waals surface area contributed by atoms with E-state index in [1.54, 1.807) is 19.2 Å². The lowest BCUT2D eigenvalue weighted by Gasteiger charge is -2.10. The molecule has 1 amide bonds. The minimum Gasteiger partial charge on any atom is -0.380 e. The summed E-state index contributed by atoms with van der Waals surface area (Å²) in [6.07, 6.45) is 0.831. The molecule has 1 aliphatic rings. The van der Waals surface area contributed by atoms with Crippen molar-refractivity contribution in [2.75, 3.05) is 7.11 Å². The van der Waals surface area contributed by atoms with E-state index in [-0.39, 0.29) is 23.6 Å². The fraction of sp³-hybridized carbons (Fsp3) is 0.316. The van der Waals surface area contributed by atoms with E-state index in [0.29, 0.717) is 13.2 Å². The van der Waals surface area contributed by atoms with Crippen molar-refractivity contribution < 1.29 is 13.9 Å². The first-order valence-electron chi connectivity index (χ1n) is 7.78. The quantitative estimate of drug-likeness (QED) is 0.888. The molecule has 0 unspecified atom stereocenters. The van der Waals surface area contributed by atoms with Crippen molar-refractivity contribution >= 4 is 5.91 Å². The molecule has 2 aromatic rings. The minimum absolute atomic E-state index is 0.00458. The molecule has 2 aromatic carbocycles. The van der Waals surface area contributed by atoms with Crippen LogP contribution in [-0.2, 0) is 22.7 Å². The number of carbonyl (C=O) groups excluding carboxylic acids is 1. The molecule has 0 spiro atoms. The molecular weight excluding hydrogens is 293 g/mol. The van der Waals surface area contributed by atoms with Crippen molar-refractivity contribution in [1.82, 2.24) is 5.32 Å². The molecule has 0 bridgehead atoms. The van der Waals surface area contributed by atoms with E-state index in [1.807, 2.05) is 24.3 Å². The van der Waals surface area contributed by atoms with Gasteiger partial charge in [-0.05, 0) is 41.2 Å².